The number of rotatable bonds is 3. The minimum absolute atomic E-state index is 0.463. The molecule has 2 rings (SSSR count). The van der Waals surface area contributed by atoms with E-state index >= 15 is 0 Å². The molecule has 2 heterocycles. The van der Waals surface area contributed by atoms with E-state index in [1.54, 1.807) is 23.5 Å². The van der Waals surface area contributed by atoms with Gasteiger partial charge in [-0.2, -0.15) is 0 Å². The maximum atomic E-state index is 5.49. The maximum Gasteiger partial charge on any atom is 0.178 e. The number of aromatic nitrogens is 3. The molecule has 4 nitrogen and oxygen atoms in total. The Morgan fingerprint density at radius 3 is 3.14 bits per heavy atom. The Bertz CT molecular complexity index is 401. The largest absolute Gasteiger partial charge is 0.325 e. The zero-order valence-corrected chi connectivity index (χ0v) is 8.88. The Hall–Kier alpha value is -0.980. The quantitative estimate of drug-likeness (QED) is 0.856. The highest BCUT2D eigenvalue weighted by atomic mass is 32.2. The van der Waals surface area contributed by atoms with Crippen molar-refractivity contribution in [1.82, 2.24) is 15.2 Å². The van der Waals surface area contributed by atoms with Gasteiger partial charge in [0, 0.05) is 17.6 Å². The van der Waals surface area contributed by atoms with Gasteiger partial charge in [-0.1, -0.05) is 23.1 Å². The summed E-state index contributed by atoms with van der Waals surface area (Å²) in [6.45, 7) is 0.463. The van der Waals surface area contributed by atoms with Crippen molar-refractivity contribution in [1.29, 1.82) is 0 Å². The van der Waals surface area contributed by atoms with E-state index in [4.69, 9.17) is 5.73 Å². The van der Waals surface area contributed by atoms with Gasteiger partial charge >= 0.3 is 0 Å². The molecule has 0 fully saturated rings. The van der Waals surface area contributed by atoms with Crippen molar-refractivity contribution in [3.05, 3.63) is 29.5 Å². The van der Waals surface area contributed by atoms with Crippen molar-refractivity contribution < 1.29 is 0 Å². The molecule has 0 aromatic carbocycles. The third-order valence-corrected chi connectivity index (χ3v) is 3.31. The number of hydrogen-bond donors (Lipinski definition) is 1. The van der Waals surface area contributed by atoms with E-state index in [1.807, 2.05) is 12.1 Å². The molecule has 2 aromatic heterocycles. The number of nitrogens with two attached hydrogens (primary N) is 1. The highest BCUT2D eigenvalue weighted by Crippen LogP contribution is 2.28. The molecular formula is C8H8N4S2. The van der Waals surface area contributed by atoms with Crippen LogP contribution in [0.5, 0.6) is 0 Å². The smallest absolute Gasteiger partial charge is 0.178 e. The van der Waals surface area contributed by atoms with E-state index in [2.05, 4.69) is 15.2 Å². The Labute approximate surface area is 89.6 Å². The maximum absolute atomic E-state index is 5.49. The second-order valence-electron chi connectivity index (χ2n) is 2.49. The third kappa shape index (κ3) is 2.28. The fourth-order valence-corrected chi connectivity index (χ4v) is 2.44. The molecule has 0 saturated heterocycles. The average molecular weight is 224 g/mol. The summed E-state index contributed by atoms with van der Waals surface area (Å²) in [5.74, 6) is 0. The fraction of sp³-hybridized carbons (Fsp3) is 0.125. The first-order chi connectivity index (χ1) is 6.88. The molecule has 0 unspecified atom stereocenters. The van der Waals surface area contributed by atoms with Gasteiger partial charge in [-0.3, -0.25) is 4.98 Å². The first kappa shape index (κ1) is 9.57. The molecule has 0 aliphatic rings. The van der Waals surface area contributed by atoms with Crippen molar-refractivity contribution in [2.75, 3.05) is 0 Å². The van der Waals surface area contributed by atoms with Crippen LogP contribution in [0.4, 0.5) is 0 Å². The second-order valence-corrected chi connectivity index (χ2v) is 4.65. The lowest BCUT2D eigenvalue weighted by Gasteiger charge is -1.99. The molecule has 0 aliphatic carbocycles. The first-order valence-corrected chi connectivity index (χ1v) is 5.67. The zero-order chi connectivity index (χ0) is 9.80. The lowest BCUT2D eigenvalue weighted by Crippen LogP contribution is -1.98. The number of hydrogen-bond acceptors (Lipinski definition) is 6. The molecule has 72 valence electrons. The van der Waals surface area contributed by atoms with Gasteiger partial charge in [-0.15, -0.1) is 10.2 Å². The van der Waals surface area contributed by atoms with Crippen LogP contribution in [-0.2, 0) is 6.54 Å². The van der Waals surface area contributed by atoms with Gasteiger partial charge in [0.05, 0.1) is 5.69 Å². The number of pyridine rings is 1. The number of nitrogens with zero attached hydrogens (tertiary/aromatic N) is 3. The second kappa shape index (κ2) is 4.50. The third-order valence-electron chi connectivity index (χ3n) is 1.54. The van der Waals surface area contributed by atoms with Gasteiger partial charge in [0.2, 0.25) is 0 Å². The highest BCUT2D eigenvalue weighted by Gasteiger charge is 2.01. The summed E-state index contributed by atoms with van der Waals surface area (Å²) in [7, 11) is 0. The summed E-state index contributed by atoms with van der Waals surface area (Å²) >= 11 is 3.09. The molecule has 0 atom stereocenters. The standard InChI is InChI=1S/C8H8N4S2/c9-4-6-3-7(1-2-10-6)14-8-12-11-5-13-8/h1-3,5H,4,9H2. The lowest BCUT2D eigenvalue weighted by atomic mass is 10.3. The summed E-state index contributed by atoms with van der Waals surface area (Å²) in [4.78, 5) is 5.21. The van der Waals surface area contributed by atoms with Crippen LogP contribution < -0.4 is 5.73 Å². The van der Waals surface area contributed by atoms with Crippen molar-refractivity contribution in [3.63, 3.8) is 0 Å². The van der Waals surface area contributed by atoms with Crippen molar-refractivity contribution in [2.45, 2.75) is 15.8 Å². The van der Waals surface area contributed by atoms with Gasteiger partial charge in [0.1, 0.15) is 5.51 Å². The van der Waals surface area contributed by atoms with Crippen LogP contribution in [0.2, 0.25) is 0 Å². The van der Waals surface area contributed by atoms with Crippen LogP contribution in [0.15, 0.2) is 33.1 Å². The molecule has 2 aromatic rings. The van der Waals surface area contributed by atoms with Gasteiger partial charge in [0.25, 0.3) is 0 Å². The predicted molar refractivity (Wildman–Crippen MR) is 56.2 cm³/mol. The molecule has 0 bridgehead atoms. The molecule has 0 saturated carbocycles. The van der Waals surface area contributed by atoms with Gasteiger partial charge in [0.15, 0.2) is 4.34 Å². The van der Waals surface area contributed by atoms with Crippen LogP contribution in [0.1, 0.15) is 5.69 Å². The molecule has 0 amide bonds. The summed E-state index contributed by atoms with van der Waals surface area (Å²) < 4.78 is 0.930. The van der Waals surface area contributed by atoms with Gasteiger partial charge in [-0.05, 0) is 12.1 Å². The Morgan fingerprint density at radius 2 is 2.43 bits per heavy atom. The van der Waals surface area contributed by atoms with E-state index in [1.165, 1.54) is 11.3 Å². The Balaban J connectivity index is 2.17. The van der Waals surface area contributed by atoms with Crippen LogP contribution in [0, 0.1) is 0 Å². The topological polar surface area (TPSA) is 64.7 Å². The Morgan fingerprint density at radius 1 is 1.50 bits per heavy atom. The summed E-state index contributed by atoms with van der Waals surface area (Å²) in [5, 5.41) is 7.72. The van der Waals surface area contributed by atoms with Crippen molar-refractivity contribution in [2.24, 2.45) is 5.73 Å². The van der Waals surface area contributed by atoms with Gasteiger partial charge < -0.3 is 5.73 Å². The molecule has 0 aliphatic heterocycles. The molecule has 14 heavy (non-hydrogen) atoms. The zero-order valence-electron chi connectivity index (χ0n) is 7.25. The molecule has 2 N–H and O–H groups in total. The summed E-state index contributed by atoms with van der Waals surface area (Å²) in [5.41, 5.74) is 8.10. The van der Waals surface area contributed by atoms with Crippen LogP contribution in [0.3, 0.4) is 0 Å². The van der Waals surface area contributed by atoms with Crippen LogP contribution >= 0.6 is 23.1 Å². The van der Waals surface area contributed by atoms with Crippen LogP contribution in [0.25, 0.3) is 0 Å². The Kier molecular flexibility index (Phi) is 3.07. The summed E-state index contributed by atoms with van der Waals surface area (Å²) in [6.07, 6.45) is 1.76. The molecule has 0 spiro atoms. The highest BCUT2D eigenvalue weighted by molar-refractivity contribution is 8.01. The van der Waals surface area contributed by atoms with Gasteiger partial charge in [-0.25, -0.2) is 0 Å². The monoisotopic (exact) mass is 224 g/mol. The van der Waals surface area contributed by atoms with Crippen LogP contribution in [-0.4, -0.2) is 15.2 Å². The normalized spacial score (nSPS) is 10.4. The summed E-state index contributed by atoms with van der Waals surface area (Å²) in [6, 6.07) is 3.90. The van der Waals surface area contributed by atoms with E-state index in [-0.39, 0.29) is 0 Å². The van der Waals surface area contributed by atoms with Crippen molar-refractivity contribution >= 4 is 23.1 Å². The van der Waals surface area contributed by atoms with E-state index < -0.39 is 0 Å². The minimum atomic E-state index is 0.463. The molecule has 0 radical (unpaired) electrons. The van der Waals surface area contributed by atoms with E-state index in [0.29, 0.717) is 6.54 Å². The van der Waals surface area contributed by atoms with E-state index in [9.17, 15) is 0 Å². The predicted octanol–water partition coefficient (Wildman–Crippen LogP) is 1.54. The molecule has 6 heteroatoms. The first-order valence-electron chi connectivity index (χ1n) is 3.97. The molecular weight excluding hydrogens is 216 g/mol. The average Bonchev–Trinajstić information content (AvgIpc) is 2.71. The minimum Gasteiger partial charge on any atom is -0.325 e. The van der Waals surface area contributed by atoms with E-state index in [0.717, 1.165) is 14.9 Å². The SMILES string of the molecule is NCc1cc(Sc2nncs2)ccn1. The fourth-order valence-electron chi connectivity index (χ4n) is 0.939. The lowest BCUT2D eigenvalue weighted by molar-refractivity contribution is 0.974. The van der Waals surface area contributed by atoms with Crippen molar-refractivity contribution in [3.8, 4) is 0 Å².